The zero-order valence-electron chi connectivity index (χ0n) is 17.0. The maximum absolute atomic E-state index is 12.7. The average Bonchev–Trinajstić information content (AvgIpc) is 3.08. The lowest BCUT2D eigenvalue weighted by Gasteiger charge is -2.35. The normalized spacial score (nSPS) is 15.5. The molecule has 1 aliphatic heterocycles. The van der Waals surface area contributed by atoms with E-state index in [1.807, 2.05) is 50.2 Å². The first-order valence-electron chi connectivity index (χ1n) is 9.77. The van der Waals surface area contributed by atoms with Gasteiger partial charge in [-0.1, -0.05) is 29.5 Å². The molecule has 1 aromatic heterocycles. The van der Waals surface area contributed by atoms with Gasteiger partial charge in [0.05, 0.1) is 10.2 Å². The Morgan fingerprint density at radius 3 is 2.53 bits per heavy atom. The van der Waals surface area contributed by atoms with E-state index >= 15 is 0 Å². The first kappa shape index (κ1) is 20.8. The number of carbonyl (C=O) groups excluding carboxylic acids is 1. The fraction of sp³-hybridized carbons (Fsp3) is 0.333. The maximum atomic E-state index is 12.7. The summed E-state index contributed by atoms with van der Waals surface area (Å²) in [5.41, 5.74) is 4.16. The first-order chi connectivity index (χ1) is 14.3. The van der Waals surface area contributed by atoms with Gasteiger partial charge < -0.3 is 10.2 Å². The van der Waals surface area contributed by atoms with Crippen molar-refractivity contribution in [1.82, 2.24) is 9.29 Å². The number of aromatic nitrogens is 1. The van der Waals surface area contributed by atoms with Crippen LogP contribution in [0.4, 0.5) is 10.8 Å². The van der Waals surface area contributed by atoms with Crippen molar-refractivity contribution in [1.29, 1.82) is 0 Å². The molecular weight excluding hydrogens is 420 g/mol. The van der Waals surface area contributed by atoms with E-state index in [1.54, 1.807) is 0 Å². The number of rotatable bonds is 5. The van der Waals surface area contributed by atoms with Crippen LogP contribution in [0.1, 0.15) is 11.1 Å². The molecule has 30 heavy (non-hydrogen) atoms. The summed E-state index contributed by atoms with van der Waals surface area (Å²) in [5, 5.41) is 3.06. The van der Waals surface area contributed by atoms with E-state index in [0.717, 1.165) is 21.5 Å². The van der Waals surface area contributed by atoms with Crippen LogP contribution in [0.5, 0.6) is 0 Å². The Morgan fingerprint density at radius 1 is 1.07 bits per heavy atom. The van der Waals surface area contributed by atoms with Crippen molar-refractivity contribution in [2.45, 2.75) is 13.8 Å². The summed E-state index contributed by atoms with van der Waals surface area (Å²) in [6.45, 7) is 5.95. The lowest BCUT2D eigenvalue weighted by Crippen LogP contribution is -2.50. The van der Waals surface area contributed by atoms with E-state index in [-0.39, 0.29) is 0 Å². The van der Waals surface area contributed by atoms with E-state index < -0.39 is 21.7 Å². The zero-order valence-corrected chi connectivity index (χ0v) is 18.6. The van der Waals surface area contributed by atoms with Gasteiger partial charge in [0.25, 0.3) is 0 Å². The number of piperazine rings is 1. The lowest BCUT2D eigenvalue weighted by atomic mass is 10.2. The van der Waals surface area contributed by atoms with Gasteiger partial charge in [0.15, 0.2) is 5.13 Å². The molecular formula is C21H24N4O3S2. The summed E-state index contributed by atoms with van der Waals surface area (Å²) in [4.78, 5) is 18.9. The number of nitrogens with zero attached hydrogens (tertiary/aromatic N) is 3. The molecule has 0 unspecified atom stereocenters. The summed E-state index contributed by atoms with van der Waals surface area (Å²) < 4.78 is 27.8. The molecule has 7 nitrogen and oxygen atoms in total. The number of benzene rings is 2. The van der Waals surface area contributed by atoms with Gasteiger partial charge in [0, 0.05) is 31.9 Å². The van der Waals surface area contributed by atoms with Gasteiger partial charge in [0.1, 0.15) is 5.75 Å². The van der Waals surface area contributed by atoms with Crippen molar-refractivity contribution >= 4 is 48.3 Å². The van der Waals surface area contributed by atoms with Crippen molar-refractivity contribution < 1.29 is 13.2 Å². The molecule has 3 aromatic rings. The fourth-order valence-electron chi connectivity index (χ4n) is 3.55. The highest BCUT2D eigenvalue weighted by Crippen LogP contribution is 2.26. The number of hydrogen-bond acceptors (Lipinski definition) is 6. The Bertz CT molecular complexity index is 1180. The number of sulfonamides is 1. The number of anilines is 2. The van der Waals surface area contributed by atoms with Crippen LogP contribution in [-0.2, 0) is 14.8 Å². The highest BCUT2D eigenvalue weighted by molar-refractivity contribution is 7.89. The molecule has 1 saturated heterocycles. The Kier molecular flexibility index (Phi) is 5.77. The molecule has 1 amide bonds. The second kappa shape index (κ2) is 8.33. The van der Waals surface area contributed by atoms with Gasteiger partial charge in [-0.3, -0.25) is 4.79 Å². The summed E-state index contributed by atoms with van der Waals surface area (Å²) in [5.74, 6) is -1.14. The second-order valence-corrected chi connectivity index (χ2v) is 10.5. The SMILES string of the molecule is Cc1cccc(N2CCN(S(=O)(=O)CC(=O)Nc3nc4ccc(C)cc4s3)CC2)c1. The molecule has 158 valence electrons. The third-order valence-corrected chi connectivity index (χ3v) is 7.82. The van der Waals surface area contributed by atoms with Gasteiger partial charge in [-0.15, -0.1) is 0 Å². The van der Waals surface area contributed by atoms with Gasteiger partial charge in [-0.2, -0.15) is 4.31 Å². The standard InChI is InChI=1S/C21H24N4O3S2/c1-15-4-3-5-17(12-15)24-8-10-25(11-9-24)30(27,28)14-20(26)23-21-22-18-7-6-16(2)13-19(18)29-21/h3-7,12-13H,8-11,14H2,1-2H3,(H,22,23,26). The molecule has 0 spiro atoms. The predicted octanol–water partition coefficient (Wildman–Crippen LogP) is 3.00. The maximum Gasteiger partial charge on any atom is 0.242 e. The summed E-state index contributed by atoms with van der Waals surface area (Å²) in [7, 11) is -3.68. The van der Waals surface area contributed by atoms with Gasteiger partial charge >= 0.3 is 0 Å². The van der Waals surface area contributed by atoms with E-state index in [4.69, 9.17) is 0 Å². The number of carbonyl (C=O) groups is 1. The molecule has 0 saturated carbocycles. The molecule has 0 radical (unpaired) electrons. The Labute approximate surface area is 180 Å². The average molecular weight is 445 g/mol. The second-order valence-electron chi connectivity index (χ2n) is 7.52. The largest absolute Gasteiger partial charge is 0.369 e. The number of thiazole rings is 1. The van der Waals surface area contributed by atoms with Crippen LogP contribution >= 0.6 is 11.3 Å². The fourth-order valence-corrected chi connectivity index (χ4v) is 5.83. The van der Waals surface area contributed by atoms with Crippen LogP contribution in [-0.4, -0.2) is 55.5 Å². The van der Waals surface area contributed by atoms with Gasteiger partial charge in [0.2, 0.25) is 15.9 Å². The summed E-state index contributed by atoms with van der Waals surface area (Å²) in [6, 6.07) is 14.0. The lowest BCUT2D eigenvalue weighted by molar-refractivity contribution is -0.113. The van der Waals surface area contributed by atoms with Crippen LogP contribution in [0.2, 0.25) is 0 Å². The van der Waals surface area contributed by atoms with Crippen molar-refractivity contribution in [3.8, 4) is 0 Å². The minimum absolute atomic E-state index is 0.365. The van der Waals surface area contributed by atoms with Crippen molar-refractivity contribution in [3.63, 3.8) is 0 Å². The molecule has 0 aliphatic carbocycles. The highest BCUT2D eigenvalue weighted by atomic mass is 32.2. The van der Waals surface area contributed by atoms with Gasteiger partial charge in [-0.05, 0) is 49.2 Å². The molecule has 1 fully saturated rings. The van der Waals surface area contributed by atoms with E-state index in [1.165, 1.54) is 21.2 Å². The predicted molar refractivity (Wildman–Crippen MR) is 122 cm³/mol. The number of nitrogens with one attached hydrogen (secondary N) is 1. The molecule has 9 heteroatoms. The van der Waals surface area contributed by atoms with Crippen molar-refractivity contribution in [2.24, 2.45) is 0 Å². The number of hydrogen-bond donors (Lipinski definition) is 1. The third-order valence-electron chi connectivity index (χ3n) is 5.10. The number of amides is 1. The molecule has 0 atom stereocenters. The summed E-state index contributed by atoms with van der Waals surface area (Å²) >= 11 is 1.34. The van der Waals surface area contributed by atoms with E-state index in [9.17, 15) is 13.2 Å². The van der Waals surface area contributed by atoms with E-state index in [0.29, 0.717) is 31.3 Å². The molecule has 2 heterocycles. The van der Waals surface area contributed by atoms with Crippen LogP contribution in [0, 0.1) is 13.8 Å². The summed E-state index contributed by atoms with van der Waals surface area (Å²) in [6.07, 6.45) is 0. The highest BCUT2D eigenvalue weighted by Gasteiger charge is 2.29. The van der Waals surface area contributed by atoms with Crippen molar-refractivity contribution in [3.05, 3.63) is 53.6 Å². The van der Waals surface area contributed by atoms with Crippen LogP contribution in [0.3, 0.4) is 0 Å². The molecule has 2 aromatic carbocycles. The Hall–Kier alpha value is -2.49. The first-order valence-corrected chi connectivity index (χ1v) is 12.2. The quantitative estimate of drug-likeness (QED) is 0.654. The number of aryl methyl sites for hydroxylation is 2. The molecule has 1 aliphatic rings. The monoisotopic (exact) mass is 444 g/mol. The minimum Gasteiger partial charge on any atom is -0.369 e. The van der Waals surface area contributed by atoms with Crippen LogP contribution < -0.4 is 10.2 Å². The minimum atomic E-state index is -3.68. The Morgan fingerprint density at radius 2 is 1.80 bits per heavy atom. The number of fused-ring (bicyclic) bond motifs is 1. The zero-order chi connectivity index (χ0) is 21.3. The Balaban J connectivity index is 1.36. The third kappa shape index (κ3) is 4.63. The smallest absolute Gasteiger partial charge is 0.242 e. The molecule has 1 N–H and O–H groups in total. The molecule has 4 rings (SSSR count). The van der Waals surface area contributed by atoms with Gasteiger partial charge in [-0.25, -0.2) is 13.4 Å². The van der Waals surface area contributed by atoms with E-state index in [2.05, 4.69) is 21.3 Å². The molecule has 0 bridgehead atoms. The topological polar surface area (TPSA) is 82.6 Å². The van der Waals surface area contributed by atoms with Crippen LogP contribution in [0.25, 0.3) is 10.2 Å². The van der Waals surface area contributed by atoms with Crippen molar-refractivity contribution in [2.75, 3.05) is 42.1 Å². The van der Waals surface area contributed by atoms with Crippen LogP contribution in [0.15, 0.2) is 42.5 Å².